The van der Waals surface area contributed by atoms with Crippen LogP contribution in [0, 0.1) is 0 Å². The summed E-state index contributed by atoms with van der Waals surface area (Å²) in [4.78, 5) is 11.8. The molecular formula is C17H16BrN3OS. The molecule has 0 aliphatic carbocycles. The summed E-state index contributed by atoms with van der Waals surface area (Å²) in [5, 5.41) is 11.4. The van der Waals surface area contributed by atoms with Gasteiger partial charge in [-0.3, -0.25) is 9.98 Å². The first-order valence-corrected chi connectivity index (χ1v) is 9.21. The minimum absolute atomic E-state index is 0.0114. The van der Waals surface area contributed by atoms with Crippen molar-refractivity contribution in [3.05, 3.63) is 58.3 Å². The molecule has 3 atom stereocenters. The normalized spacial score (nSPS) is 26.3. The molecule has 1 fully saturated rings. The summed E-state index contributed by atoms with van der Waals surface area (Å²) in [6.45, 7) is 3.21. The van der Waals surface area contributed by atoms with Crippen molar-refractivity contribution in [2.45, 2.75) is 24.3 Å². The van der Waals surface area contributed by atoms with Gasteiger partial charge in [-0.1, -0.05) is 30.8 Å². The van der Waals surface area contributed by atoms with E-state index in [1.165, 1.54) is 0 Å². The van der Waals surface area contributed by atoms with Crippen molar-refractivity contribution in [3.63, 3.8) is 0 Å². The molecule has 4 rings (SSSR count). The van der Waals surface area contributed by atoms with Crippen LogP contribution in [-0.4, -0.2) is 32.0 Å². The van der Waals surface area contributed by atoms with E-state index in [9.17, 15) is 5.11 Å². The molecule has 0 saturated carbocycles. The number of phenolic OH excluding ortho intramolecular Hbond substituents is 1. The van der Waals surface area contributed by atoms with Crippen LogP contribution in [0.25, 0.3) is 0 Å². The van der Waals surface area contributed by atoms with E-state index in [-0.39, 0.29) is 17.8 Å². The Hall–Kier alpha value is -1.53. The first kappa shape index (κ1) is 15.0. The molecule has 0 amide bonds. The van der Waals surface area contributed by atoms with Crippen molar-refractivity contribution in [3.8, 4) is 5.75 Å². The number of aliphatic imine (C=N–C) groups is 1. The summed E-state index contributed by atoms with van der Waals surface area (Å²) in [6.07, 6.45) is 1.82. The van der Waals surface area contributed by atoms with Gasteiger partial charge < -0.3 is 10.0 Å². The number of hydrogen-bond acceptors (Lipinski definition) is 5. The van der Waals surface area contributed by atoms with Gasteiger partial charge in [0.15, 0.2) is 5.17 Å². The maximum Gasteiger partial charge on any atom is 0.160 e. The van der Waals surface area contributed by atoms with Crippen LogP contribution in [0.15, 0.2) is 52.1 Å². The van der Waals surface area contributed by atoms with Gasteiger partial charge in [0.1, 0.15) is 11.8 Å². The fourth-order valence-electron chi connectivity index (χ4n) is 3.19. The summed E-state index contributed by atoms with van der Waals surface area (Å²) < 4.78 is 0.711. The number of halogens is 1. The Bertz CT molecular complexity index is 768. The van der Waals surface area contributed by atoms with Gasteiger partial charge in [-0.05, 0) is 45.8 Å². The van der Waals surface area contributed by atoms with Crippen LogP contribution < -0.4 is 0 Å². The molecule has 0 bridgehead atoms. The topological polar surface area (TPSA) is 48.7 Å². The van der Waals surface area contributed by atoms with Gasteiger partial charge in [-0.2, -0.15) is 0 Å². The molecule has 6 heteroatoms. The molecule has 0 radical (unpaired) electrons. The lowest BCUT2D eigenvalue weighted by atomic mass is 9.96. The van der Waals surface area contributed by atoms with E-state index < -0.39 is 0 Å². The number of amidine groups is 1. The molecule has 0 spiro atoms. The third kappa shape index (κ3) is 2.64. The number of fused-ring (bicyclic) bond motifs is 1. The summed E-state index contributed by atoms with van der Waals surface area (Å²) in [6, 6.07) is 11.8. The summed E-state index contributed by atoms with van der Waals surface area (Å²) in [5.41, 5.74) is 2.12. The first-order valence-electron chi connectivity index (χ1n) is 7.54. The number of phenols is 1. The van der Waals surface area contributed by atoms with Gasteiger partial charge in [-0.25, -0.2) is 0 Å². The maximum atomic E-state index is 9.79. The van der Waals surface area contributed by atoms with Gasteiger partial charge in [0.05, 0.1) is 16.2 Å². The largest absolute Gasteiger partial charge is 0.507 e. The van der Waals surface area contributed by atoms with Crippen LogP contribution in [0.2, 0.25) is 0 Å². The molecule has 2 aliphatic rings. The molecule has 118 valence electrons. The zero-order valence-electron chi connectivity index (χ0n) is 12.6. The number of aromatic hydroxyl groups is 1. The monoisotopic (exact) mass is 389 g/mol. The zero-order valence-corrected chi connectivity index (χ0v) is 15.0. The van der Waals surface area contributed by atoms with E-state index in [1.54, 1.807) is 6.07 Å². The highest BCUT2D eigenvalue weighted by Crippen LogP contribution is 2.48. The van der Waals surface area contributed by atoms with E-state index in [4.69, 9.17) is 4.99 Å². The fourth-order valence-corrected chi connectivity index (χ4v) is 4.67. The highest BCUT2D eigenvalue weighted by Gasteiger charge is 2.43. The Labute approximate surface area is 147 Å². The third-order valence-electron chi connectivity index (χ3n) is 4.19. The summed E-state index contributed by atoms with van der Waals surface area (Å²) >= 11 is 5.25. The van der Waals surface area contributed by atoms with E-state index >= 15 is 0 Å². The van der Waals surface area contributed by atoms with E-state index in [1.807, 2.05) is 48.3 Å². The van der Waals surface area contributed by atoms with Crippen LogP contribution in [-0.2, 0) is 0 Å². The van der Waals surface area contributed by atoms with E-state index in [0.717, 1.165) is 23.0 Å². The number of thioether (sulfide) groups is 1. The number of aromatic nitrogens is 1. The Kier molecular flexibility index (Phi) is 3.81. The molecule has 3 heterocycles. The molecule has 4 nitrogen and oxygen atoms in total. The van der Waals surface area contributed by atoms with Crippen molar-refractivity contribution in [2.75, 3.05) is 6.54 Å². The second-order valence-electron chi connectivity index (χ2n) is 5.85. The Morgan fingerprint density at radius 1 is 1.30 bits per heavy atom. The summed E-state index contributed by atoms with van der Waals surface area (Å²) in [7, 11) is 0. The minimum atomic E-state index is -0.0114. The number of hydrogen-bond donors (Lipinski definition) is 1. The van der Waals surface area contributed by atoms with Crippen LogP contribution >= 0.6 is 27.7 Å². The highest BCUT2D eigenvalue weighted by atomic mass is 79.9. The molecule has 0 unspecified atom stereocenters. The van der Waals surface area contributed by atoms with Gasteiger partial charge in [0.25, 0.3) is 0 Å². The average Bonchev–Trinajstić information content (AvgIpc) is 3.07. The van der Waals surface area contributed by atoms with Gasteiger partial charge in [0, 0.05) is 18.0 Å². The number of nitrogens with zero attached hydrogens (tertiary/aromatic N) is 3. The Morgan fingerprint density at radius 2 is 2.17 bits per heavy atom. The van der Waals surface area contributed by atoms with Crippen LogP contribution in [0.5, 0.6) is 5.75 Å². The SMILES string of the molecule is C[C@@H]1CN2C(=N[C@@H](c3ccccn3)[C@H]2c2ccc(O)c(Br)c2)S1. The lowest BCUT2D eigenvalue weighted by Gasteiger charge is -2.27. The molecule has 2 aliphatic heterocycles. The molecule has 1 saturated heterocycles. The number of rotatable bonds is 2. The molecule has 2 aromatic rings. The van der Waals surface area contributed by atoms with Crippen molar-refractivity contribution in [2.24, 2.45) is 4.99 Å². The predicted octanol–water partition coefficient (Wildman–Crippen LogP) is 4.14. The van der Waals surface area contributed by atoms with Crippen LogP contribution in [0.3, 0.4) is 0 Å². The molecular weight excluding hydrogens is 374 g/mol. The molecule has 23 heavy (non-hydrogen) atoms. The first-order chi connectivity index (χ1) is 11.1. The summed E-state index contributed by atoms with van der Waals surface area (Å²) in [5.74, 6) is 0.256. The quantitative estimate of drug-likeness (QED) is 0.838. The van der Waals surface area contributed by atoms with Crippen molar-refractivity contribution >= 4 is 32.9 Å². The highest BCUT2D eigenvalue weighted by molar-refractivity contribution is 9.10. The fraction of sp³-hybridized carbons (Fsp3) is 0.294. The maximum absolute atomic E-state index is 9.79. The zero-order chi connectivity index (χ0) is 16.0. The molecule has 1 aromatic carbocycles. The van der Waals surface area contributed by atoms with E-state index in [2.05, 4.69) is 32.7 Å². The average molecular weight is 390 g/mol. The number of benzene rings is 1. The predicted molar refractivity (Wildman–Crippen MR) is 96.7 cm³/mol. The van der Waals surface area contributed by atoms with E-state index in [0.29, 0.717) is 9.72 Å². The van der Waals surface area contributed by atoms with Gasteiger partial charge in [-0.15, -0.1) is 0 Å². The Morgan fingerprint density at radius 3 is 2.91 bits per heavy atom. The third-order valence-corrected chi connectivity index (χ3v) is 5.93. The van der Waals surface area contributed by atoms with Gasteiger partial charge in [0.2, 0.25) is 0 Å². The van der Waals surface area contributed by atoms with Crippen molar-refractivity contribution in [1.82, 2.24) is 9.88 Å². The molecule has 1 N–H and O–H groups in total. The Balaban J connectivity index is 1.79. The second-order valence-corrected chi connectivity index (χ2v) is 8.11. The van der Waals surface area contributed by atoms with Crippen molar-refractivity contribution in [1.29, 1.82) is 0 Å². The van der Waals surface area contributed by atoms with Crippen LogP contribution in [0.1, 0.15) is 30.3 Å². The smallest absolute Gasteiger partial charge is 0.160 e. The minimum Gasteiger partial charge on any atom is -0.507 e. The lowest BCUT2D eigenvalue weighted by molar-refractivity contribution is 0.321. The van der Waals surface area contributed by atoms with Crippen molar-refractivity contribution < 1.29 is 5.11 Å². The lowest BCUT2D eigenvalue weighted by Crippen LogP contribution is -2.28. The van der Waals surface area contributed by atoms with Crippen LogP contribution in [0.4, 0.5) is 0 Å². The second kappa shape index (κ2) is 5.83. The standard InChI is InChI=1S/C17H16BrN3OS/c1-10-9-21-16(11-5-6-14(22)12(18)8-11)15(20-17(21)23-10)13-4-2-3-7-19-13/h2-8,10,15-16,22H,9H2,1H3/t10-,15+,16-/m1/s1. The molecule has 1 aromatic heterocycles. The number of pyridine rings is 1. The van der Waals surface area contributed by atoms with Gasteiger partial charge >= 0.3 is 0 Å².